The number of nitrogens with one attached hydrogen (secondary N) is 2. The van der Waals surface area contributed by atoms with Crippen LogP contribution < -0.4 is 10.6 Å². The quantitative estimate of drug-likeness (QED) is 0.543. The SMILES string of the molecule is CNC(=S)Nc1cc(C(C)(C)C)c(O)c(C(C)(C)C)c1. The van der Waals surface area contributed by atoms with Gasteiger partial charge in [0, 0.05) is 23.9 Å². The first-order chi connectivity index (χ1) is 8.96. The van der Waals surface area contributed by atoms with E-state index in [9.17, 15) is 5.11 Å². The van der Waals surface area contributed by atoms with E-state index in [1.807, 2.05) is 12.1 Å². The lowest BCUT2D eigenvalue weighted by molar-refractivity contribution is 0.423. The fraction of sp³-hybridized carbons (Fsp3) is 0.562. The molecule has 0 saturated carbocycles. The number of benzene rings is 1. The van der Waals surface area contributed by atoms with E-state index in [0.29, 0.717) is 10.9 Å². The van der Waals surface area contributed by atoms with E-state index in [4.69, 9.17) is 12.2 Å². The van der Waals surface area contributed by atoms with Crippen molar-refractivity contribution in [3.05, 3.63) is 23.3 Å². The monoisotopic (exact) mass is 294 g/mol. The van der Waals surface area contributed by atoms with E-state index < -0.39 is 0 Å². The lowest BCUT2D eigenvalue weighted by Gasteiger charge is -2.28. The average molecular weight is 294 g/mol. The van der Waals surface area contributed by atoms with E-state index in [0.717, 1.165) is 16.8 Å². The predicted octanol–water partition coefficient (Wildman–Crippen LogP) is 3.90. The van der Waals surface area contributed by atoms with Gasteiger partial charge in [-0.3, -0.25) is 0 Å². The minimum atomic E-state index is -0.136. The molecule has 1 rings (SSSR count). The predicted molar refractivity (Wildman–Crippen MR) is 90.8 cm³/mol. The van der Waals surface area contributed by atoms with Crippen molar-refractivity contribution in [2.75, 3.05) is 12.4 Å². The van der Waals surface area contributed by atoms with Crippen LogP contribution in [0.3, 0.4) is 0 Å². The zero-order chi connectivity index (χ0) is 15.7. The van der Waals surface area contributed by atoms with Crippen LogP contribution >= 0.6 is 12.2 Å². The Bertz CT molecular complexity index is 475. The maximum Gasteiger partial charge on any atom is 0.170 e. The van der Waals surface area contributed by atoms with Crippen LogP contribution in [-0.2, 0) is 10.8 Å². The highest BCUT2D eigenvalue weighted by molar-refractivity contribution is 7.80. The molecule has 0 spiro atoms. The standard InChI is InChI=1S/C16H26N2OS/c1-15(2,3)11-8-10(18-14(20)17-7)9-12(13(11)19)16(4,5)6/h8-9,19H,1-7H3,(H2,17,18,20). The third-order valence-electron chi connectivity index (χ3n) is 3.21. The van der Waals surface area contributed by atoms with Crippen LogP contribution in [0, 0.1) is 0 Å². The van der Waals surface area contributed by atoms with Crippen LogP contribution in [0.15, 0.2) is 12.1 Å². The molecule has 0 aliphatic heterocycles. The molecule has 0 heterocycles. The summed E-state index contributed by atoms with van der Waals surface area (Å²) in [6.45, 7) is 12.6. The molecule has 1 aromatic rings. The lowest BCUT2D eigenvalue weighted by Crippen LogP contribution is -2.25. The zero-order valence-electron chi connectivity index (χ0n) is 13.5. The normalized spacial score (nSPS) is 12.2. The minimum Gasteiger partial charge on any atom is -0.507 e. The Labute approximate surface area is 127 Å². The molecule has 3 nitrogen and oxygen atoms in total. The zero-order valence-corrected chi connectivity index (χ0v) is 14.3. The summed E-state index contributed by atoms with van der Waals surface area (Å²) >= 11 is 5.16. The van der Waals surface area contributed by atoms with Gasteiger partial charge >= 0.3 is 0 Å². The summed E-state index contributed by atoms with van der Waals surface area (Å²) in [5.41, 5.74) is 2.47. The van der Waals surface area contributed by atoms with Crippen molar-refractivity contribution >= 4 is 23.0 Å². The first-order valence-corrected chi connectivity index (χ1v) is 7.24. The Balaban J connectivity index is 3.46. The first kappa shape index (κ1) is 16.8. The second-order valence-electron chi connectivity index (χ2n) is 7.12. The van der Waals surface area contributed by atoms with Gasteiger partial charge in [-0.05, 0) is 35.2 Å². The lowest BCUT2D eigenvalue weighted by atomic mass is 9.79. The molecular weight excluding hydrogens is 268 g/mol. The summed E-state index contributed by atoms with van der Waals surface area (Å²) in [4.78, 5) is 0. The fourth-order valence-electron chi connectivity index (χ4n) is 2.04. The number of thiocarbonyl (C=S) groups is 1. The number of phenolic OH excluding ortho intramolecular Hbond substituents is 1. The van der Waals surface area contributed by atoms with E-state index in [1.165, 1.54) is 0 Å². The number of aromatic hydroxyl groups is 1. The molecule has 0 saturated heterocycles. The smallest absolute Gasteiger partial charge is 0.170 e. The number of hydrogen-bond donors (Lipinski definition) is 3. The Kier molecular flexibility index (Phi) is 4.70. The summed E-state index contributed by atoms with van der Waals surface area (Å²) in [5.74, 6) is 0.380. The van der Waals surface area contributed by atoms with Gasteiger partial charge in [0.2, 0.25) is 0 Å². The van der Waals surface area contributed by atoms with Gasteiger partial charge in [-0.15, -0.1) is 0 Å². The summed E-state index contributed by atoms with van der Waals surface area (Å²) < 4.78 is 0. The number of hydrogen-bond acceptors (Lipinski definition) is 2. The Morgan fingerprint density at radius 2 is 1.40 bits per heavy atom. The highest BCUT2D eigenvalue weighted by Gasteiger charge is 2.26. The van der Waals surface area contributed by atoms with Crippen LogP contribution in [0.4, 0.5) is 5.69 Å². The minimum absolute atomic E-state index is 0.136. The fourth-order valence-corrected chi connectivity index (χ4v) is 2.16. The summed E-state index contributed by atoms with van der Waals surface area (Å²) in [7, 11) is 1.78. The molecule has 0 aromatic heterocycles. The summed E-state index contributed by atoms with van der Waals surface area (Å²) in [5, 5.41) is 17.2. The van der Waals surface area contributed by atoms with Crippen LogP contribution in [0.5, 0.6) is 5.75 Å². The van der Waals surface area contributed by atoms with Gasteiger partial charge in [-0.25, -0.2) is 0 Å². The third kappa shape index (κ3) is 3.85. The van der Waals surface area contributed by atoms with Crippen LogP contribution in [-0.4, -0.2) is 17.3 Å². The van der Waals surface area contributed by atoms with Gasteiger partial charge in [0.25, 0.3) is 0 Å². The molecule has 0 amide bonds. The Hall–Kier alpha value is -1.29. The highest BCUT2D eigenvalue weighted by Crippen LogP contribution is 2.40. The van der Waals surface area contributed by atoms with E-state index in [1.54, 1.807) is 7.05 Å². The number of rotatable bonds is 1. The number of anilines is 1. The third-order valence-corrected chi connectivity index (χ3v) is 3.52. The topological polar surface area (TPSA) is 44.3 Å². The maximum absolute atomic E-state index is 10.6. The van der Waals surface area contributed by atoms with E-state index in [-0.39, 0.29) is 10.8 Å². The molecule has 0 bridgehead atoms. The molecule has 112 valence electrons. The average Bonchev–Trinajstić information content (AvgIpc) is 2.28. The molecule has 0 aliphatic rings. The molecule has 4 heteroatoms. The molecule has 0 radical (unpaired) electrons. The molecule has 0 unspecified atom stereocenters. The van der Waals surface area contributed by atoms with Gasteiger partial charge in [0.05, 0.1) is 0 Å². The maximum atomic E-state index is 10.6. The Morgan fingerprint density at radius 1 is 1.00 bits per heavy atom. The van der Waals surface area contributed by atoms with Gasteiger partial charge in [0.15, 0.2) is 5.11 Å². The van der Waals surface area contributed by atoms with Crippen LogP contribution in [0.2, 0.25) is 0 Å². The van der Waals surface area contributed by atoms with Crippen molar-refractivity contribution in [3.63, 3.8) is 0 Å². The van der Waals surface area contributed by atoms with Crippen LogP contribution in [0.1, 0.15) is 52.7 Å². The molecule has 3 N–H and O–H groups in total. The van der Waals surface area contributed by atoms with E-state index in [2.05, 4.69) is 52.2 Å². The first-order valence-electron chi connectivity index (χ1n) is 6.83. The van der Waals surface area contributed by atoms with Gasteiger partial charge < -0.3 is 15.7 Å². The van der Waals surface area contributed by atoms with Crippen molar-refractivity contribution in [1.82, 2.24) is 5.32 Å². The second-order valence-corrected chi connectivity index (χ2v) is 7.53. The van der Waals surface area contributed by atoms with E-state index >= 15 is 0 Å². The molecular formula is C16H26N2OS. The van der Waals surface area contributed by atoms with Gasteiger partial charge in [-0.1, -0.05) is 41.5 Å². The van der Waals surface area contributed by atoms with Gasteiger partial charge in [0.1, 0.15) is 5.75 Å². The van der Waals surface area contributed by atoms with Crippen molar-refractivity contribution < 1.29 is 5.11 Å². The molecule has 20 heavy (non-hydrogen) atoms. The Morgan fingerprint density at radius 3 is 1.70 bits per heavy atom. The number of phenols is 1. The summed E-state index contributed by atoms with van der Waals surface area (Å²) in [6.07, 6.45) is 0. The van der Waals surface area contributed by atoms with Crippen molar-refractivity contribution in [2.24, 2.45) is 0 Å². The van der Waals surface area contributed by atoms with Crippen molar-refractivity contribution in [2.45, 2.75) is 52.4 Å². The molecule has 1 aromatic carbocycles. The van der Waals surface area contributed by atoms with Gasteiger partial charge in [-0.2, -0.15) is 0 Å². The highest BCUT2D eigenvalue weighted by atomic mass is 32.1. The molecule has 0 fully saturated rings. The van der Waals surface area contributed by atoms with Crippen LogP contribution in [0.25, 0.3) is 0 Å². The summed E-state index contributed by atoms with van der Waals surface area (Å²) in [6, 6.07) is 3.93. The van der Waals surface area contributed by atoms with Crippen molar-refractivity contribution in [3.8, 4) is 5.75 Å². The van der Waals surface area contributed by atoms with Crippen molar-refractivity contribution in [1.29, 1.82) is 0 Å². The second kappa shape index (κ2) is 5.60. The molecule has 0 atom stereocenters. The largest absolute Gasteiger partial charge is 0.507 e. The molecule has 0 aliphatic carbocycles.